The van der Waals surface area contributed by atoms with Crippen molar-refractivity contribution in [2.24, 2.45) is 0 Å². The summed E-state index contributed by atoms with van der Waals surface area (Å²) >= 11 is 0. The van der Waals surface area contributed by atoms with E-state index in [9.17, 15) is 9.59 Å². The van der Waals surface area contributed by atoms with Gasteiger partial charge in [0.2, 0.25) is 0 Å². The number of hydrogen-bond acceptors (Lipinski definition) is 5. The van der Waals surface area contributed by atoms with E-state index in [1.54, 1.807) is 6.07 Å². The molecule has 1 heterocycles. The predicted octanol–water partition coefficient (Wildman–Crippen LogP) is 4.38. The summed E-state index contributed by atoms with van der Waals surface area (Å²) < 4.78 is 16.0. The fraction of sp³-hybridized carbons (Fsp3) is 0.130. The number of hydrogen-bond donors (Lipinski definition) is 0. The highest BCUT2D eigenvalue weighted by molar-refractivity contribution is 5.84. The normalized spacial score (nSPS) is 10.9. The van der Waals surface area contributed by atoms with Crippen LogP contribution in [0.5, 0.6) is 5.75 Å². The van der Waals surface area contributed by atoms with Crippen LogP contribution in [0.4, 0.5) is 0 Å². The summed E-state index contributed by atoms with van der Waals surface area (Å²) in [4.78, 5) is 23.8. The summed E-state index contributed by atoms with van der Waals surface area (Å²) in [6.45, 7) is 1.68. The maximum Gasteiger partial charge on any atom is 0.344 e. The van der Waals surface area contributed by atoms with Gasteiger partial charge in [0.25, 0.3) is 0 Å². The van der Waals surface area contributed by atoms with Crippen LogP contribution in [-0.4, -0.2) is 12.6 Å². The van der Waals surface area contributed by atoms with Crippen molar-refractivity contribution >= 4 is 27.7 Å². The van der Waals surface area contributed by atoms with Crippen LogP contribution in [0.25, 0.3) is 21.7 Å². The zero-order chi connectivity index (χ0) is 19.5. The number of rotatable bonds is 5. The van der Waals surface area contributed by atoms with Crippen molar-refractivity contribution in [3.05, 3.63) is 88.3 Å². The Morgan fingerprint density at radius 3 is 2.64 bits per heavy atom. The molecule has 0 unspecified atom stereocenters. The Morgan fingerprint density at radius 2 is 1.79 bits per heavy atom. The molecule has 0 amide bonds. The molecule has 5 heteroatoms. The molecular formula is C23H18O5. The van der Waals surface area contributed by atoms with Crippen LogP contribution in [0, 0.1) is 6.92 Å². The van der Waals surface area contributed by atoms with E-state index in [0.717, 1.165) is 21.7 Å². The van der Waals surface area contributed by atoms with Crippen LogP contribution in [0.2, 0.25) is 0 Å². The van der Waals surface area contributed by atoms with Crippen LogP contribution in [0.1, 0.15) is 11.1 Å². The Hall–Kier alpha value is -3.60. The Balaban J connectivity index is 1.41. The molecule has 0 spiro atoms. The van der Waals surface area contributed by atoms with Crippen molar-refractivity contribution < 1.29 is 18.7 Å². The monoisotopic (exact) mass is 374 g/mol. The molecule has 140 valence electrons. The van der Waals surface area contributed by atoms with E-state index in [2.05, 4.69) is 0 Å². The summed E-state index contributed by atoms with van der Waals surface area (Å²) in [5, 5.41) is 2.88. The highest BCUT2D eigenvalue weighted by Crippen LogP contribution is 2.21. The second kappa shape index (κ2) is 7.56. The SMILES string of the molecule is Cc1ccc2c(COC(=O)COc3ccc4ccccc4c3)cc(=O)oc2c1. The van der Waals surface area contributed by atoms with E-state index >= 15 is 0 Å². The first-order valence-corrected chi connectivity index (χ1v) is 8.89. The van der Waals surface area contributed by atoms with Gasteiger partial charge in [-0.1, -0.05) is 42.5 Å². The van der Waals surface area contributed by atoms with Crippen molar-refractivity contribution in [2.45, 2.75) is 13.5 Å². The van der Waals surface area contributed by atoms with E-state index in [0.29, 0.717) is 16.9 Å². The Kier molecular flexibility index (Phi) is 4.81. The molecule has 4 aromatic rings. The van der Waals surface area contributed by atoms with Crippen molar-refractivity contribution in [1.29, 1.82) is 0 Å². The minimum Gasteiger partial charge on any atom is -0.482 e. The Labute approximate surface area is 161 Å². The average molecular weight is 374 g/mol. The molecular weight excluding hydrogens is 356 g/mol. The van der Waals surface area contributed by atoms with Gasteiger partial charge < -0.3 is 13.9 Å². The summed E-state index contributed by atoms with van der Waals surface area (Å²) in [6, 6.07) is 20.4. The van der Waals surface area contributed by atoms with Crippen molar-refractivity contribution in [1.82, 2.24) is 0 Å². The van der Waals surface area contributed by atoms with Gasteiger partial charge in [0.15, 0.2) is 6.61 Å². The highest BCUT2D eigenvalue weighted by Gasteiger charge is 2.10. The maximum absolute atomic E-state index is 12.1. The maximum atomic E-state index is 12.1. The van der Waals surface area contributed by atoms with E-state index in [1.807, 2.05) is 61.5 Å². The topological polar surface area (TPSA) is 65.7 Å². The second-order valence-electron chi connectivity index (χ2n) is 6.55. The molecule has 1 aromatic heterocycles. The van der Waals surface area contributed by atoms with E-state index in [4.69, 9.17) is 13.9 Å². The van der Waals surface area contributed by atoms with E-state index in [1.165, 1.54) is 6.07 Å². The molecule has 0 atom stereocenters. The van der Waals surface area contributed by atoms with Crippen LogP contribution in [-0.2, 0) is 16.1 Å². The van der Waals surface area contributed by atoms with Gasteiger partial charge in [0.05, 0.1) is 0 Å². The van der Waals surface area contributed by atoms with Gasteiger partial charge in [-0.2, -0.15) is 0 Å². The van der Waals surface area contributed by atoms with Gasteiger partial charge in [0.1, 0.15) is 17.9 Å². The molecule has 0 aliphatic rings. The van der Waals surface area contributed by atoms with Crippen molar-refractivity contribution in [3.63, 3.8) is 0 Å². The minimum absolute atomic E-state index is 0.0227. The molecule has 4 rings (SSSR count). The number of fused-ring (bicyclic) bond motifs is 2. The summed E-state index contributed by atoms with van der Waals surface area (Å²) in [5.74, 6) is 0.0820. The number of benzene rings is 3. The van der Waals surface area contributed by atoms with Gasteiger partial charge in [-0.15, -0.1) is 0 Å². The number of carbonyl (C=O) groups is 1. The average Bonchev–Trinajstić information content (AvgIpc) is 2.69. The molecule has 0 aliphatic heterocycles. The lowest BCUT2D eigenvalue weighted by atomic mass is 10.1. The molecule has 0 radical (unpaired) electrons. The molecule has 0 aliphatic carbocycles. The molecule has 28 heavy (non-hydrogen) atoms. The van der Waals surface area contributed by atoms with Crippen LogP contribution in [0.15, 0.2) is 75.9 Å². The van der Waals surface area contributed by atoms with Crippen LogP contribution < -0.4 is 10.4 Å². The number of esters is 1. The quantitative estimate of drug-likeness (QED) is 0.383. The van der Waals surface area contributed by atoms with Gasteiger partial charge in [-0.3, -0.25) is 0 Å². The first-order valence-electron chi connectivity index (χ1n) is 8.89. The Morgan fingerprint density at radius 1 is 0.964 bits per heavy atom. The lowest BCUT2D eigenvalue weighted by Gasteiger charge is -2.09. The fourth-order valence-electron chi connectivity index (χ4n) is 3.06. The first kappa shape index (κ1) is 17.8. The van der Waals surface area contributed by atoms with E-state index < -0.39 is 11.6 Å². The zero-order valence-electron chi connectivity index (χ0n) is 15.3. The van der Waals surface area contributed by atoms with Gasteiger partial charge in [0, 0.05) is 17.0 Å². The summed E-state index contributed by atoms with van der Waals surface area (Å²) in [6.07, 6.45) is 0. The lowest BCUT2D eigenvalue weighted by Crippen LogP contribution is -2.15. The molecule has 5 nitrogen and oxygen atoms in total. The molecule has 0 fully saturated rings. The number of aryl methyl sites for hydroxylation is 1. The van der Waals surface area contributed by atoms with E-state index in [-0.39, 0.29) is 13.2 Å². The van der Waals surface area contributed by atoms with Crippen LogP contribution in [0.3, 0.4) is 0 Å². The molecule has 0 saturated carbocycles. The molecule has 3 aromatic carbocycles. The predicted molar refractivity (Wildman–Crippen MR) is 106 cm³/mol. The van der Waals surface area contributed by atoms with Crippen molar-refractivity contribution in [3.8, 4) is 5.75 Å². The van der Waals surface area contributed by atoms with Gasteiger partial charge in [-0.05, 0) is 41.5 Å². The minimum atomic E-state index is -0.512. The number of ether oxygens (including phenoxy) is 2. The number of carbonyl (C=O) groups excluding carboxylic acids is 1. The second-order valence-corrected chi connectivity index (χ2v) is 6.55. The van der Waals surface area contributed by atoms with Crippen molar-refractivity contribution in [2.75, 3.05) is 6.61 Å². The third-order valence-corrected chi connectivity index (χ3v) is 4.45. The van der Waals surface area contributed by atoms with Gasteiger partial charge >= 0.3 is 11.6 Å². The Bertz CT molecular complexity index is 1220. The smallest absolute Gasteiger partial charge is 0.344 e. The summed E-state index contributed by atoms with van der Waals surface area (Å²) in [5.41, 5.74) is 1.58. The third kappa shape index (κ3) is 3.88. The summed E-state index contributed by atoms with van der Waals surface area (Å²) in [7, 11) is 0. The fourth-order valence-corrected chi connectivity index (χ4v) is 3.06. The largest absolute Gasteiger partial charge is 0.482 e. The lowest BCUT2D eigenvalue weighted by molar-refractivity contribution is -0.147. The standard InChI is InChI=1S/C23H18O5/c1-15-6-9-20-18(12-22(24)28-21(20)10-15)13-27-23(25)14-26-19-8-7-16-4-2-3-5-17(16)11-19/h2-12H,13-14H2,1H3. The highest BCUT2D eigenvalue weighted by atomic mass is 16.6. The first-order chi connectivity index (χ1) is 13.6. The van der Waals surface area contributed by atoms with Gasteiger partial charge in [-0.25, -0.2) is 9.59 Å². The molecule has 0 N–H and O–H groups in total. The molecule has 0 saturated heterocycles. The third-order valence-electron chi connectivity index (χ3n) is 4.45. The molecule has 0 bridgehead atoms. The zero-order valence-corrected chi connectivity index (χ0v) is 15.3. The van der Waals surface area contributed by atoms with Crippen LogP contribution >= 0.6 is 0 Å².